The van der Waals surface area contributed by atoms with Gasteiger partial charge in [0.15, 0.2) is 0 Å². The molecule has 114 valence electrons. The maximum Gasteiger partial charge on any atom is 0.343 e. The number of hydrogen-bond acceptors (Lipinski definition) is 5. The third-order valence-electron chi connectivity index (χ3n) is 3.76. The molecule has 8 nitrogen and oxygen atoms in total. The van der Waals surface area contributed by atoms with Gasteiger partial charge in [-0.05, 0) is 12.3 Å². The Hall–Kier alpha value is -2.38. The van der Waals surface area contributed by atoms with Gasteiger partial charge in [-0.1, -0.05) is 13.8 Å². The lowest BCUT2D eigenvalue weighted by atomic mass is 10.1. The Morgan fingerprint density at radius 3 is 2.62 bits per heavy atom. The van der Waals surface area contributed by atoms with Gasteiger partial charge in [0.25, 0.3) is 0 Å². The van der Waals surface area contributed by atoms with Gasteiger partial charge in [-0.3, -0.25) is 14.7 Å². The van der Waals surface area contributed by atoms with Crippen LogP contribution in [0.15, 0.2) is 6.20 Å². The van der Waals surface area contributed by atoms with Crippen LogP contribution in [0.4, 0.5) is 5.82 Å². The minimum atomic E-state index is -1.00. The standard InChI is InChI=1S/C13H17N3O5/c1-4-21-12(20)6-5-14-16-9(6)15-10(17)7-8(11(18)19)13(7,2)3/h5,7-8H,4H2,1-3H3,(H,18,19)(H2,14,15,16,17)/t7-,8+/m0/s1. The van der Waals surface area contributed by atoms with Gasteiger partial charge in [-0.25, -0.2) is 4.79 Å². The van der Waals surface area contributed by atoms with Crippen molar-refractivity contribution in [3.05, 3.63) is 11.8 Å². The molecule has 1 amide bonds. The Morgan fingerprint density at radius 2 is 2.10 bits per heavy atom. The van der Waals surface area contributed by atoms with Crippen molar-refractivity contribution in [1.82, 2.24) is 10.2 Å². The van der Waals surface area contributed by atoms with E-state index in [0.29, 0.717) is 0 Å². The minimum Gasteiger partial charge on any atom is -0.481 e. The summed E-state index contributed by atoms with van der Waals surface area (Å²) >= 11 is 0. The average Bonchev–Trinajstić information content (AvgIpc) is 2.75. The molecule has 0 aromatic carbocycles. The number of rotatable bonds is 5. The highest BCUT2D eigenvalue weighted by molar-refractivity contribution is 6.03. The molecule has 0 radical (unpaired) electrons. The van der Waals surface area contributed by atoms with Gasteiger partial charge in [0.1, 0.15) is 11.4 Å². The summed E-state index contributed by atoms with van der Waals surface area (Å²) < 4.78 is 4.84. The predicted molar refractivity (Wildman–Crippen MR) is 71.6 cm³/mol. The number of amides is 1. The van der Waals surface area contributed by atoms with Crippen molar-refractivity contribution in [3.8, 4) is 0 Å². The van der Waals surface area contributed by atoms with Crippen LogP contribution in [-0.4, -0.2) is 39.8 Å². The van der Waals surface area contributed by atoms with Gasteiger partial charge >= 0.3 is 11.9 Å². The summed E-state index contributed by atoms with van der Waals surface area (Å²) in [4.78, 5) is 34.9. The molecule has 1 saturated carbocycles. The molecule has 1 aliphatic rings. The molecule has 1 fully saturated rings. The highest BCUT2D eigenvalue weighted by Crippen LogP contribution is 2.58. The second-order valence-corrected chi connectivity index (χ2v) is 5.48. The van der Waals surface area contributed by atoms with E-state index in [1.54, 1.807) is 20.8 Å². The predicted octanol–water partition coefficient (Wildman–Crippen LogP) is 0.882. The third kappa shape index (κ3) is 2.61. The minimum absolute atomic E-state index is 0.107. The number of carboxylic acids is 1. The molecule has 3 N–H and O–H groups in total. The SMILES string of the molecule is CCOC(=O)c1cn[nH]c1NC(=O)[C@@H]1[C@H](C(=O)O)C1(C)C. The Kier molecular flexibility index (Phi) is 3.71. The summed E-state index contributed by atoms with van der Waals surface area (Å²) in [6, 6.07) is 0. The molecule has 0 spiro atoms. The van der Waals surface area contributed by atoms with Gasteiger partial charge in [-0.15, -0.1) is 0 Å². The first-order valence-electron chi connectivity index (χ1n) is 6.54. The highest BCUT2D eigenvalue weighted by Gasteiger charge is 2.66. The molecule has 2 rings (SSSR count). The Bertz CT molecular complexity index is 592. The Balaban J connectivity index is 2.10. The number of aromatic nitrogens is 2. The monoisotopic (exact) mass is 295 g/mol. The fourth-order valence-corrected chi connectivity index (χ4v) is 2.53. The fraction of sp³-hybridized carbons (Fsp3) is 0.538. The number of anilines is 1. The lowest BCUT2D eigenvalue weighted by Crippen LogP contribution is -2.20. The maximum atomic E-state index is 12.2. The van der Waals surface area contributed by atoms with Gasteiger partial charge in [0, 0.05) is 0 Å². The largest absolute Gasteiger partial charge is 0.481 e. The van der Waals surface area contributed by atoms with Crippen LogP contribution in [0.25, 0.3) is 0 Å². The first-order valence-corrected chi connectivity index (χ1v) is 6.54. The molecule has 0 saturated heterocycles. The van der Waals surface area contributed by atoms with Crippen LogP contribution >= 0.6 is 0 Å². The van der Waals surface area contributed by atoms with Gasteiger partial charge in [0.05, 0.1) is 24.6 Å². The first-order chi connectivity index (χ1) is 9.80. The number of hydrogen-bond donors (Lipinski definition) is 3. The van der Waals surface area contributed by atoms with Crippen molar-refractivity contribution >= 4 is 23.7 Å². The quantitative estimate of drug-likeness (QED) is 0.693. The van der Waals surface area contributed by atoms with Crippen LogP contribution in [0.2, 0.25) is 0 Å². The van der Waals surface area contributed by atoms with E-state index >= 15 is 0 Å². The molecule has 1 heterocycles. The molecule has 0 aliphatic heterocycles. The van der Waals surface area contributed by atoms with Crippen molar-refractivity contribution in [2.24, 2.45) is 17.3 Å². The number of aliphatic carboxylic acids is 1. The fourth-order valence-electron chi connectivity index (χ4n) is 2.53. The number of aromatic amines is 1. The van der Waals surface area contributed by atoms with Crippen molar-refractivity contribution in [2.75, 3.05) is 11.9 Å². The summed E-state index contributed by atoms with van der Waals surface area (Å²) in [6.07, 6.45) is 1.25. The molecule has 0 bridgehead atoms. The molecular formula is C13H17N3O5. The second kappa shape index (κ2) is 5.19. The van der Waals surface area contributed by atoms with Crippen LogP contribution in [-0.2, 0) is 14.3 Å². The van der Waals surface area contributed by atoms with E-state index in [1.807, 2.05) is 0 Å². The average molecular weight is 295 g/mol. The number of carbonyl (C=O) groups excluding carboxylic acids is 2. The van der Waals surface area contributed by atoms with E-state index in [4.69, 9.17) is 9.84 Å². The maximum absolute atomic E-state index is 12.2. The number of esters is 1. The van der Waals surface area contributed by atoms with Crippen LogP contribution < -0.4 is 5.32 Å². The summed E-state index contributed by atoms with van der Waals surface area (Å²) in [7, 11) is 0. The molecule has 2 atom stereocenters. The highest BCUT2D eigenvalue weighted by atomic mass is 16.5. The molecule has 0 unspecified atom stereocenters. The molecular weight excluding hydrogens is 278 g/mol. The number of nitrogens with one attached hydrogen (secondary N) is 2. The van der Waals surface area contributed by atoms with Gasteiger partial charge in [0.2, 0.25) is 5.91 Å². The summed E-state index contributed by atoms with van der Waals surface area (Å²) in [5, 5.41) is 17.8. The van der Waals surface area contributed by atoms with E-state index in [1.165, 1.54) is 6.20 Å². The molecule has 1 aliphatic carbocycles. The van der Waals surface area contributed by atoms with Crippen LogP contribution in [0.3, 0.4) is 0 Å². The van der Waals surface area contributed by atoms with Crippen LogP contribution in [0.1, 0.15) is 31.1 Å². The van der Waals surface area contributed by atoms with E-state index in [2.05, 4.69) is 15.5 Å². The van der Waals surface area contributed by atoms with Crippen molar-refractivity contribution in [2.45, 2.75) is 20.8 Å². The van der Waals surface area contributed by atoms with Crippen LogP contribution in [0.5, 0.6) is 0 Å². The number of H-pyrrole nitrogens is 1. The molecule has 8 heteroatoms. The van der Waals surface area contributed by atoms with Gasteiger partial charge < -0.3 is 15.2 Å². The smallest absolute Gasteiger partial charge is 0.343 e. The molecule has 21 heavy (non-hydrogen) atoms. The summed E-state index contributed by atoms with van der Waals surface area (Å²) in [6.45, 7) is 5.30. The normalized spacial score (nSPS) is 22.4. The Labute approximate surface area is 120 Å². The summed E-state index contributed by atoms with van der Waals surface area (Å²) in [5.41, 5.74) is -0.504. The third-order valence-corrected chi connectivity index (χ3v) is 3.76. The van der Waals surface area contributed by atoms with E-state index in [-0.39, 0.29) is 18.0 Å². The summed E-state index contributed by atoms with van der Waals surface area (Å²) in [5.74, 6) is -3.32. The van der Waals surface area contributed by atoms with E-state index in [0.717, 1.165) is 0 Å². The van der Waals surface area contributed by atoms with Crippen LogP contribution in [0, 0.1) is 17.3 Å². The zero-order valence-corrected chi connectivity index (χ0v) is 12.0. The van der Waals surface area contributed by atoms with E-state index in [9.17, 15) is 14.4 Å². The Morgan fingerprint density at radius 1 is 1.43 bits per heavy atom. The van der Waals surface area contributed by atoms with Gasteiger partial charge in [-0.2, -0.15) is 5.10 Å². The molecule has 1 aromatic heterocycles. The number of nitrogens with zero attached hydrogens (tertiary/aromatic N) is 1. The number of carboxylic acid groups (broad SMARTS) is 1. The van der Waals surface area contributed by atoms with Crippen molar-refractivity contribution in [1.29, 1.82) is 0 Å². The first kappa shape index (κ1) is 15.0. The lowest BCUT2D eigenvalue weighted by Gasteiger charge is -2.06. The zero-order chi connectivity index (χ0) is 15.8. The second-order valence-electron chi connectivity index (χ2n) is 5.48. The van der Waals surface area contributed by atoms with E-state index < -0.39 is 35.1 Å². The topological polar surface area (TPSA) is 121 Å². The number of carbonyl (C=O) groups is 3. The van der Waals surface area contributed by atoms with Crippen molar-refractivity contribution in [3.63, 3.8) is 0 Å². The molecule has 1 aromatic rings. The zero-order valence-electron chi connectivity index (χ0n) is 12.0. The van der Waals surface area contributed by atoms with Crippen molar-refractivity contribution < 1.29 is 24.2 Å². The number of ether oxygens (including phenoxy) is 1. The lowest BCUT2D eigenvalue weighted by molar-refractivity contribution is -0.140.